The van der Waals surface area contributed by atoms with Crippen LogP contribution in [0.3, 0.4) is 0 Å². The number of hydrogen-bond donors (Lipinski definition) is 1. The summed E-state index contributed by atoms with van der Waals surface area (Å²) >= 11 is 0. The summed E-state index contributed by atoms with van der Waals surface area (Å²) in [6.45, 7) is 6.93. The van der Waals surface area contributed by atoms with Crippen molar-refractivity contribution in [3.8, 4) is 0 Å². The molecule has 5 nitrogen and oxygen atoms in total. The van der Waals surface area contributed by atoms with E-state index in [9.17, 15) is 14.7 Å². The third-order valence-electron chi connectivity index (χ3n) is 5.70. The van der Waals surface area contributed by atoms with Gasteiger partial charge >= 0.3 is 5.97 Å². The Hall–Kier alpha value is -0.940. The Morgan fingerprint density at radius 2 is 1.50 bits per heavy atom. The van der Waals surface area contributed by atoms with E-state index in [2.05, 4.69) is 18.7 Å². The SMILES string of the molecule is CCCCCCCCC(CC)OC(=O)CCCN(CCO)CCCCCCCC=O. The Kier molecular flexibility index (Phi) is 22.0. The van der Waals surface area contributed by atoms with E-state index in [4.69, 9.17) is 4.74 Å². The molecule has 1 N–H and O–H groups in total. The van der Waals surface area contributed by atoms with E-state index < -0.39 is 0 Å². The highest BCUT2D eigenvalue weighted by Crippen LogP contribution is 2.14. The van der Waals surface area contributed by atoms with E-state index >= 15 is 0 Å². The maximum atomic E-state index is 12.2. The number of aldehydes is 1. The van der Waals surface area contributed by atoms with E-state index in [1.54, 1.807) is 0 Å². The highest BCUT2D eigenvalue weighted by molar-refractivity contribution is 5.69. The zero-order chi connectivity index (χ0) is 22.3. The Labute approximate surface area is 185 Å². The normalized spacial score (nSPS) is 12.3. The average Bonchev–Trinajstić information content (AvgIpc) is 2.74. The molecular formula is C25H49NO4. The van der Waals surface area contributed by atoms with Gasteiger partial charge in [0.15, 0.2) is 0 Å². The summed E-state index contributed by atoms with van der Waals surface area (Å²) in [6, 6.07) is 0. The molecule has 0 spiro atoms. The van der Waals surface area contributed by atoms with E-state index in [-0.39, 0.29) is 18.7 Å². The van der Waals surface area contributed by atoms with Crippen molar-refractivity contribution in [2.45, 2.75) is 123 Å². The quantitative estimate of drug-likeness (QED) is 0.129. The molecule has 0 rings (SSSR count). The van der Waals surface area contributed by atoms with E-state index in [0.29, 0.717) is 19.4 Å². The van der Waals surface area contributed by atoms with Crippen molar-refractivity contribution >= 4 is 12.3 Å². The maximum absolute atomic E-state index is 12.2. The van der Waals surface area contributed by atoms with Crippen LogP contribution in [0.4, 0.5) is 0 Å². The summed E-state index contributed by atoms with van der Waals surface area (Å²) in [6.07, 6.45) is 17.9. The van der Waals surface area contributed by atoms with Gasteiger partial charge in [-0.3, -0.25) is 4.79 Å². The molecule has 0 saturated carbocycles. The minimum atomic E-state index is -0.0769. The van der Waals surface area contributed by atoms with Crippen LogP contribution in [0.25, 0.3) is 0 Å². The van der Waals surface area contributed by atoms with Gasteiger partial charge in [0.25, 0.3) is 0 Å². The van der Waals surface area contributed by atoms with Gasteiger partial charge in [-0.15, -0.1) is 0 Å². The number of hydrogen-bond acceptors (Lipinski definition) is 5. The highest BCUT2D eigenvalue weighted by Gasteiger charge is 2.13. The molecule has 0 aromatic rings. The molecule has 1 unspecified atom stereocenters. The molecular weight excluding hydrogens is 378 g/mol. The third-order valence-corrected chi connectivity index (χ3v) is 5.70. The molecule has 0 heterocycles. The van der Waals surface area contributed by atoms with Gasteiger partial charge in [0.2, 0.25) is 0 Å². The maximum Gasteiger partial charge on any atom is 0.306 e. The Balaban J connectivity index is 3.87. The first kappa shape index (κ1) is 29.1. The smallest absolute Gasteiger partial charge is 0.306 e. The van der Waals surface area contributed by atoms with Crippen LogP contribution in [0.2, 0.25) is 0 Å². The highest BCUT2D eigenvalue weighted by atomic mass is 16.5. The van der Waals surface area contributed by atoms with Crippen molar-refractivity contribution in [3.05, 3.63) is 0 Å². The van der Waals surface area contributed by atoms with Gasteiger partial charge in [-0.1, -0.05) is 65.2 Å². The van der Waals surface area contributed by atoms with Crippen molar-refractivity contribution in [3.63, 3.8) is 0 Å². The van der Waals surface area contributed by atoms with Crippen LogP contribution in [0.1, 0.15) is 117 Å². The second-order valence-corrected chi connectivity index (χ2v) is 8.47. The fourth-order valence-corrected chi connectivity index (χ4v) is 3.76. The van der Waals surface area contributed by atoms with Gasteiger partial charge in [-0.25, -0.2) is 0 Å². The first-order valence-electron chi connectivity index (χ1n) is 12.6. The fourth-order valence-electron chi connectivity index (χ4n) is 3.76. The zero-order valence-electron chi connectivity index (χ0n) is 19.9. The lowest BCUT2D eigenvalue weighted by molar-refractivity contribution is -0.149. The van der Waals surface area contributed by atoms with Crippen molar-refractivity contribution in [2.75, 3.05) is 26.2 Å². The second-order valence-electron chi connectivity index (χ2n) is 8.47. The number of ether oxygens (including phenoxy) is 1. The minimum absolute atomic E-state index is 0.0661. The Bertz CT molecular complexity index is 389. The molecule has 0 saturated heterocycles. The van der Waals surface area contributed by atoms with Crippen LogP contribution in [-0.4, -0.2) is 54.6 Å². The van der Waals surface area contributed by atoms with Crippen LogP contribution >= 0.6 is 0 Å². The zero-order valence-corrected chi connectivity index (χ0v) is 19.9. The lowest BCUT2D eigenvalue weighted by atomic mass is 10.1. The number of carbonyl (C=O) groups is 2. The lowest BCUT2D eigenvalue weighted by Gasteiger charge is -2.21. The summed E-state index contributed by atoms with van der Waals surface area (Å²) in [5, 5.41) is 9.28. The van der Waals surface area contributed by atoms with E-state index in [0.717, 1.165) is 77.2 Å². The number of aliphatic hydroxyl groups excluding tert-OH is 1. The largest absolute Gasteiger partial charge is 0.462 e. The number of rotatable bonds is 23. The van der Waals surface area contributed by atoms with Gasteiger partial charge < -0.3 is 19.5 Å². The van der Waals surface area contributed by atoms with Gasteiger partial charge in [-0.2, -0.15) is 0 Å². The van der Waals surface area contributed by atoms with Crippen molar-refractivity contribution in [1.82, 2.24) is 4.90 Å². The number of unbranched alkanes of at least 4 members (excludes halogenated alkanes) is 10. The summed E-state index contributed by atoms with van der Waals surface area (Å²) in [5.41, 5.74) is 0. The molecule has 0 radical (unpaired) electrons. The monoisotopic (exact) mass is 427 g/mol. The second kappa shape index (κ2) is 22.7. The van der Waals surface area contributed by atoms with Gasteiger partial charge in [0.05, 0.1) is 6.61 Å². The topological polar surface area (TPSA) is 66.8 Å². The van der Waals surface area contributed by atoms with Crippen LogP contribution in [0.5, 0.6) is 0 Å². The van der Waals surface area contributed by atoms with Crippen LogP contribution in [0.15, 0.2) is 0 Å². The first-order valence-corrected chi connectivity index (χ1v) is 12.6. The molecule has 0 aliphatic rings. The van der Waals surface area contributed by atoms with Crippen LogP contribution in [-0.2, 0) is 14.3 Å². The summed E-state index contributed by atoms with van der Waals surface area (Å²) in [5.74, 6) is -0.0769. The first-order chi connectivity index (χ1) is 14.7. The molecule has 0 fully saturated rings. The van der Waals surface area contributed by atoms with Gasteiger partial charge in [0.1, 0.15) is 12.4 Å². The lowest BCUT2D eigenvalue weighted by Crippen LogP contribution is -2.29. The average molecular weight is 428 g/mol. The Morgan fingerprint density at radius 1 is 0.867 bits per heavy atom. The summed E-state index contributed by atoms with van der Waals surface area (Å²) < 4.78 is 5.68. The Morgan fingerprint density at radius 3 is 2.17 bits per heavy atom. The van der Waals surface area contributed by atoms with Crippen molar-refractivity contribution in [1.29, 1.82) is 0 Å². The number of esters is 1. The molecule has 30 heavy (non-hydrogen) atoms. The van der Waals surface area contributed by atoms with Crippen molar-refractivity contribution < 1.29 is 19.4 Å². The molecule has 1 atom stereocenters. The van der Waals surface area contributed by atoms with E-state index in [1.807, 2.05) is 0 Å². The molecule has 0 aromatic heterocycles. The molecule has 178 valence electrons. The summed E-state index contributed by atoms with van der Waals surface area (Å²) in [4.78, 5) is 24.7. The third kappa shape index (κ3) is 19.0. The van der Waals surface area contributed by atoms with Gasteiger partial charge in [-0.05, 0) is 51.6 Å². The molecule has 0 amide bonds. The molecule has 0 aromatic carbocycles. The predicted molar refractivity (Wildman–Crippen MR) is 125 cm³/mol. The molecule has 5 heteroatoms. The van der Waals surface area contributed by atoms with Gasteiger partial charge in [0, 0.05) is 19.4 Å². The van der Waals surface area contributed by atoms with E-state index in [1.165, 1.54) is 32.1 Å². The minimum Gasteiger partial charge on any atom is -0.462 e. The number of aliphatic hydroxyl groups is 1. The van der Waals surface area contributed by atoms with Crippen LogP contribution in [0, 0.1) is 0 Å². The molecule has 0 aliphatic heterocycles. The summed E-state index contributed by atoms with van der Waals surface area (Å²) in [7, 11) is 0. The van der Waals surface area contributed by atoms with Crippen LogP contribution < -0.4 is 0 Å². The fraction of sp³-hybridized carbons (Fsp3) is 0.920. The standard InChI is InChI=1S/C25H49NO4/c1-3-5-6-7-10-13-17-24(4-2)30-25(29)18-16-20-26(21-23-28)19-14-11-8-9-12-15-22-27/h22,24,28H,3-21,23H2,1-2H3. The predicted octanol–water partition coefficient (Wildman–Crippen LogP) is 5.67. The molecule has 0 bridgehead atoms. The molecule has 0 aliphatic carbocycles. The van der Waals surface area contributed by atoms with Crippen molar-refractivity contribution in [2.24, 2.45) is 0 Å². The number of nitrogens with zero attached hydrogens (tertiary/aromatic N) is 1. The number of carbonyl (C=O) groups excluding carboxylic acids is 2.